The first-order chi connectivity index (χ1) is 33.4. The van der Waals surface area contributed by atoms with Crippen LogP contribution in [0.15, 0.2) is 169 Å². The van der Waals surface area contributed by atoms with Crippen LogP contribution in [0.5, 0.6) is 0 Å². The number of hydrogen-bond acceptors (Lipinski definition) is 12. The van der Waals surface area contributed by atoms with Crippen LogP contribution in [0.4, 0.5) is 5.82 Å². The van der Waals surface area contributed by atoms with E-state index >= 15 is 0 Å². The smallest absolute Gasteiger partial charge is 0.339 e. The lowest BCUT2D eigenvalue weighted by molar-refractivity contribution is 0.0590. The van der Waals surface area contributed by atoms with Crippen LogP contribution in [0.3, 0.4) is 0 Å². The Hall–Kier alpha value is -8.57. The zero-order valence-electron chi connectivity index (χ0n) is 38.5. The van der Waals surface area contributed by atoms with Gasteiger partial charge in [-0.2, -0.15) is 15.3 Å². The predicted octanol–water partition coefficient (Wildman–Crippen LogP) is 8.93. The van der Waals surface area contributed by atoms with Crippen molar-refractivity contribution in [1.29, 1.82) is 0 Å². The summed E-state index contributed by atoms with van der Waals surface area (Å²) in [7, 11) is 8.32. The number of aromatic nitrogens is 9. The SMILES string of the molecule is COC(=O)c1ccncc1Br.COC(=O)c1ccncc1Cc1cc(-c2ccccc2)nn1C.Cn1nc(-c2ccccc2)cc1Cc1cnccc1C(=O)O.Cn1nc(-c2ccccc2)cc1N. The lowest BCUT2D eigenvalue weighted by Gasteiger charge is -2.07. The Morgan fingerprint density at radius 3 is 1.32 bits per heavy atom. The van der Waals surface area contributed by atoms with E-state index in [9.17, 15) is 19.5 Å². The number of carboxylic acid groups (broad SMARTS) is 1. The van der Waals surface area contributed by atoms with Crippen LogP contribution in [0, 0.1) is 0 Å². The minimum atomic E-state index is -0.942. The zero-order chi connectivity index (χ0) is 49.3. The Morgan fingerprint density at radius 2 is 0.913 bits per heavy atom. The van der Waals surface area contributed by atoms with E-state index in [1.54, 1.807) is 46.3 Å². The van der Waals surface area contributed by atoms with Crippen molar-refractivity contribution in [3.05, 3.63) is 208 Å². The molecule has 9 rings (SSSR count). The van der Waals surface area contributed by atoms with Gasteiger partial charge in [0.15, 0.2) is 0 Å². The molecule has 0 aliphatic carbocycles. The Kier molecular flexibility index (Phi) is 17.5. The van der Waals surface area contributed by atoms with E-state index < -0.39 is 5.97 Å². The molecule has 0 atom stereocenters. The molecule has 0 saturated carbocycles. The number of aryl methyl sites for hydroxylation is 3. The van der Waals surface area contributed by atoms with Crippen LogP contribution in [0.25, 0.3) is 33.8 Å². The molecule has 17 heteroatoms. The third kappa shape index (κ3) is 13.5. The van der Waals surface area contributed by atoms with Crippen LogP contribution < -0.4 is 5.73 Å². The van der Waals surface area contributed by atoms with Gasteiger partial charge in [-0.25, -0.2) is 14.4 Å². The van der Waals surface area contributed by atoms with E-state index in [4.69, 9.17) is 10.5 Å². The number of nitrogen functional groups attached to an aromatic ring is 1. The van der Waals surface area contributed by atoms with Crippen molar-refractivity contribution in [2.75, 3.05) is 20.0 Å². The molecular weight excluding hydrogens is 941 g/mol. The number of benzene rings is 3. The summed E-state index contributed by atoms with van der Waals surface area (Å²) in [5.74, 6) is -0.978. The van der Waals surface area contributed by atoms with Crippen molar-refractivity contribution in [1.82, 2.24) is 44.3 Å². The summed E-state index contributed by atoms with van der Waals surface area (Å²) >= 11 is 3.17. The van der Waals surface area contributed by atoms with E-state index in [1.165, 1.54) is 32.7 Å². The normalized spacial score (nSPS) is 10.3. The molecule has 6 heterocycles. The second kappa shape index (κ2) is 24.3. The summed E-state index contributed by atoms with van der Waals surface area (Å²) in [5.41, 5.74) is 16.3. The number of hydrogen-bond donors (Lipinski definition) is 2. The Balaban J connectivity index is 0.000000158. The number of anilines is 1. The molecule has 0 aliphatic heterocycles. The Labute approximate surface area is 407 Å². The fraction of sp³-hybridized carbons (Fsp3) is 0.135. The van der Waals surface area contributed by atoms with Crippen LogP contribution >= 0.6 is 15.9 Å². The van der Waals surface area contributed by atoms with E-state index in [0.29, 0.717) is 39.8 Å². The fourth-order valence-electron chi connectivity index (χ4n) is 6.77. The minimum absolute atomic E-state index is 0.275. The molecule has 0 unspecified atom stereocenters. The first-order valence-corrected chi connectivity index (χ1v) is 22.0. The van der Waals surface area contributed by atoms with Gasteiger partial charge in [-0.05, 0) is 57.4 Å². The first-order valence-electron chi connectivity index (χ1n) is 21.2. The highest BCUT2D eigenvalue weighted by atomic mass is 79.9. The molecule has 350 valence electrons. The molecule has 0 saturated heterocycles. The van der Waals surface area contributed by atoms with Crippen molar-refractivity contribution < 1.29 is 29.0 Å². The van der Waals surface area contributed by atoms with Gasteiger partial charge in [-0.3, -0.25) is 29.0 Å². The second-order valence-corrected chi connectivity index (χ2v) is 15.9. The zero-order valence-corrected chi connectivity index (χ0v) is 40.1. The number of aromatic carboxylic acids is 1. The number of pyridine rings is 3. The number of nitrogens with zero attached hydrogens (tertiary/aromatic N) is 9. The standard InChI is InChI=1S/C18H17N3O2.C17H15N3O2.C10H11N3.C7H6BrNO2/c1-21-15(11-17(20-21)13-6-4-3-5-7-13)10-14-12-19-9-8-16(14)18(22)23-2;1-20-14(9-13-11-18-8-7-15(13)17(21)22)10-16(19-20)12-5-3-2-4-6-12;1-13-10(11)7-9(12-13)8-5-3-2-4-6-8;1-11-7(10)5-2-3-9-4-6(5)8/h3-9,11-12H,10H2,1-2H3;2-8,10-11H,9H2,1H3,(H,21,22);2-7H,11H2,1H3;2-4H,1H3. The molecule has 0 fully saturated rings. The molecule has 0 aliphatic rings. The number of halogens is 1. The van der Waals surface area contributed by atoms with Crippen molar-refractivity contribution in [2.45, 2.75) is 12.8 Å². The summed E-state index contributed by atoms with van der Waals surface area (Å²) in [4.78, 5) is 46.0. The van der Waals surface area contributed by atoms with E-state index in [-0.39, 0.29) is 17.5 Å². The molecule has 9 aromatic rings. The lowest BCUT2D eigenvalue weighted by atomic mass is 10.0. The lowest BCUT2D eigenvalue weighted by Crippen LogP contribution is -2.08. The summed E-state index contributed by atoms with van der Waals surface area (Å²) in [5, 5.41) is 22.6. The molecule has 16 nitrogen and oxygen atoms in total. The summed E-state index contributed by atoms with van der Waals surface area (Å²) in [6.07, 6.45) is 10.5. The maximum atomic E-state index is 11.9. The van der Waals surface area contributed by atoms with Crippen LogP contribution in [-0.4, -0.2) is 81.5 Å². The summed E-state index contributed by atoms with van der Waals surface area (Å²) in [6, 6.07) is 40.5. The van der Waals surface area contributed by atoms with Gasteiger partial charge >= 0.3 is 17.9 Å². The van der Waals surface area contributed by atoms with Crippen LogP contribution in [0.2, 0.25) is 0 Å². The number of esters is 2. The second-order valence-electron chi connectivity index (χ2n) is 15.0. The van der Waals surface area contributed by atoms with Crippen molar-refractivity contribution in [3.8, 4) is 33.8 Å². The number of methoxy groups -OCH3 is 2. The Morgan fingerprint density at radius 1 is 0.536 bits per heavy atom. The van der Waals surface area contributed by atoms with Gasteiger partial charge in [-0.1, -0.05) is 91.0 Å². The molecule has 69 heavy (non-hydrogen) atoms. The largest absolute Gasteiger partial charge is 0.478 e. The Bertz CT molecular complexity index is 3100. The van der Waals surface area contributed by atoms with Crippen molar-refractivity contribution >= 4 is 39.7 Å². The molecule has 0 spiro atoms. The molecule has 3 N–H and O–H groups in total. The number of nitrogens with two attached hydrogens (primary N) is 1. The van der Waals surface area contributed by atoms with Gasteiger partial charge in [0.25, 0.3) is 0 Å². The predicted molar refractivity (Wildman–Crippen MR) is 266 cm³/mol. The molecule has 3 aromatic carbocycles. The number of carboxylic acids is 1. The maximum Gasteiger partial charge on any atom is 0.339 e. The van der Waals surface area contributed by atoms with Gasteiger partial charge in [0, 0.05) is 105 Å². The van der Waals surface area contributed by atoms with Gasteiger partial charge in [0.2, 0.25) is 0 Å². The van der Waals surface area contributed by atoms with Gasteiger partial charge in [-0.15, -0.1) is 0 Å². The van der Waals surface area contributed by atoms with E-state index in [1.807, 2.05) is 135 Å². The first kappa shape index (κ1) is 49.9. The number of rotatable bonds is 10. The average molecular weight is 990 g/mol. The van der Waals surface area contributed by atoms with Gasteiger partial charge in [0.05, 0.1) is 52.5 Å². The number of carbonyl (C=O) groups is 3. The number of carbonyl (C=O) groups excluding carboxylic acids is 2. The highest BCUT2D eigenvalue weighted by molar-refractivity contribution is 9.10. The van der Waals surface area contributed by atoms with Gasteiger partial charge in [0.1, 0.15) is 5.82 Å². The molecule has 0 bridgehead atoms. The van der Waals surface area contributed by atoms with Gasteiger partial charge < -0.3 is 20.3 Å². The highest BCUT2D eigenvalue weighted by Crippen LogP contribution is 2.24. The van der Waals surface area contributed by atoms with Crippen molar-refractivity contribution in [3.63, 3.8) is 0 Å². The fourth-order valence-corrected chi connectivity index (χ4v) is 7.18. The van der Waals surface area contributed by atoms with E-state index in [2.05, 4.69) is 50.9 Å². The molecule has 0 amide bonds. The monoisotopic (exact) mass is 988 g/mol. The summed E-state index contributed by atoms with van der Waals surface area (Å²) < 4.78 is 15.3. The topological polar surface area (TPSA) is 208 Å². The summed E-state index contributed by atoms with van der Waals surface area (Å²) in [6.45, 7) is 0. The molecular formula is C52H49BrN10O6. The van der Waals surface area contributed by atoms with Crippen molar-refractivity contribution in [2.24, 2.45) is 21.1 Å². The minimum Gasteiger partial charge on any atom is -0.478 e. The average Bonchev–Trinajstić information content (AvgIpc) is 4.06. The molecule has 0 radical (unpaired) electrons. The van der Waals surface area contributed by atoms with Crippen LogP contribution in [0.1, 0.15) is 53.6 Å². The number of ether oxygens (including phenoxy) is 2. The quantitative estimate of drug-likeness (QED) is 0.123. The molecule has 6 aromatic heterocycles. The highest BCUT2D eigenvalue weighted by Gasteiger charge is 2.16. The van der Waals surface area contributed by atoms with E-state index in [0.717, 1.165) is 50.7 Å². The third-order valence-electron chi connectivity index (χ3n) is 10.4. The maximum absolute atomic E-state index is 11.9. The third-order valence-corrected chi connectivity index (χ3v) is 11.1. The van der Waals surface area contributed by atoms with Crippen LogP contribution in [-0.2, 0) is 43.5 Å².